The number of hydrogen-bond donors (Lipinski definition) is 2. The number of aliphatic imine (C=N–C) groups is 1. The van der Waals surface area contributed by atoms with E-state index < -0.39 is 0 Å². The molecule has 0 saturated carbocycles. The van der Waals surface area contributed by atoms with E-state index >= 15 is 0 Å². The number of thiophene rings is 1. The maximum Gasteiger partial charge on any atom is 0.193 e. The van der Waals surface area contributed by atoms with Crippen molar-refractivity contribution < 1.29 is 0 Å². The van der Waals surface area contributed by atoms with Crippen LogP contribution in [-0.4, -0.2) is 5.96 Å². The number of benzene rings is 1. The van der Waals surface area contributed by atoms with E-state index in [4.69, 9.17) is 5.73 Å². The van der Waals surface area contributed by atoms with Crippen LogP contribution in [0.25, 0.3) is 0 Å². The van der Waals surface area contributed by atoms with E-state index in [1.165, 1.54) is 16.0 Å². The van der Waals surface area contributed by atoms with Gasteiger partial charge < -0.3 is 11.1 Å². The lowest BCUT2D eigenvalue weighted by molar-refractivity contribution is 1.09. The number of nitrogens with two attached hydrogens (primary N) is 1. The van der Waals surface area contributed by atoms with E-state index in [2.05, 4.69) is 58.3 Å². The molecule has 0 radical (unpaired) electrons. The average molecular weight is 466 g/mol. The van der Waals surface area contributed by atoms with Crippen LogP contribution in [-0.2, 0) is 6.54 Å². The Hall–Kier alpha value is -0.600. The molecule has 0 atom stereocenters. The molecule has 0 aliphatic heterocycles. The highest BCUT2D eigenvalue weighted by Gasteiger charge is 1.99. The smallest absolute Gasteiger partial charge is 0.193 e. The van der Waals surface area contributed by atoms with Crippen molar-refractivity contribution in [1.82, 2.24) is 0 Å². The average Bonchev–Trinajstić information content (AvgIpc) is 2.77. The zero-order chi connectivity index (χ0) is 13.8. The lowest BCUT2D eigenvalue weighted by atomic mass is 10.1. The summed E-state index contributed by atoms with van der Waals surface area (Å²) in [6.45, 7) is 4.77. The highest BCUT2D eigenvalue weighted by Crippen LogP contribution is 2.20. The van der Waals surface area contributed by atoms with Gasteiger partial charge in [-0.15, -0.1) is 35.3 Å². The van der Waals surface area contributed by atoms with Gasteiger partial charge in [-0.3, -0.25) is 0 Å². The second-order valence-electron chi connectivity index (χ2n) is 4.36. The molecule has 0 bridgehead atoms. The monoisotopic (exact) mass is 465 g/mol. The van der Waals surface area contributed by atoms with Crippen molar-refractivity contribution in [2.45, 2.75) is 20.4 Å². The van der Waals surface area contributed by atoms with E-state index in [-0.39, 0.29) is 24.0 Å². The Labute approximate surface area is 148 Å². The summed E-state index contributed by atoms with van der Waals surface area (Å²) in [5.74, 6) is 0.438. The highest BCUT2D eigenvalue weighted by molar-refractivity contribution is 14.0. The Bertz CT molecular complexity index is 610. The van der Waals surface area contributed by atoms with Crippen LogP contribution < -0.4 is 11.1 Å². The first-order valence-electron chi connectivity index (χ1n) is 5.91. The van der Waals surface area contributed by atoms with Crippen LogP contribution in [0.5, 0.6) is 0 Å². The normalized spacial score (nSPS) is 11.1. The zero-order valence-electron chi connectivity index (χ0n) is 11.3. The summed E-state index contributed by atoms with van der Waals surface area (Å²) in [6.07, 6.45) is 0. The Kier molecular flexibility index (Phi) is 6.97. The van der Waals surface area contributed by atoms with Crippen molar-refractivity contribution in [3.8, 4) is 0 Å². The molecule has 0 aliphatic carbocycles. The summed E-state index contributed by atoms with van der Waals surface area (Å²) in [5.41, 5.74) is 9.35. The summed E-state index contributed by atoms with van der Waals surface area (Å²) in [5, 5.41) is 5.15. The van der Waals surface area contributed by atoms with Gasteiger partial charge >= 0.3 is 0 Å². The molecule has 0 unspecified atom stereocenters. The quantitative estimate of drug-likeness (QED) is 0.393. The number of guanidine groups is 1. The van der Waals surface area contributed by atoms with Gasteiger partial charge in [0.15, 0.2) is 5.96 Å². The van der Waals surface area contributed by atoms with Gasteiger partial charge in [-0.25, -0.2) is 4.99 Å². The number of halogens is 2. The summed E-state index contributed by atoms with van der Waals surface area (Å²) >= 11 is 5.09. The second-order valence-corrected chi connectivity index (χ2v) is 6.27. The molecular formula is C14H17BrIN3S. The molecule has 0 fully saturated rings. The Morgan fingerprint density at radius 3 is 2.65 bits per heavy atom. The van der Waals surface area contributed by atoms with Crippen LogP contribution in [0.15, 0.2) is 39.1 Å². The minimum Gasteiger partial charge on any atom is -0.370 e. The molecule has 0 aliphatic rings. The first kappa shape index (κ1) is 17.5. The second kappa shape index (κ2) is 7.99. The van der Waals surface area contributed by atoms with Crippen LogP contribution in [0.2, 0.25) is 0 Å². The van der Waals surface area contributed by atoms with E-state index in [9.17, 15) is 0 Å². The predicted octanol–water partition coefficient (Wildman–Crippen LogP) is 4.67. The molecule has 0 spiro atoms. The van der Waals surface area contributed by atoms with Crippen molar-refractivity contribution >= 4 is 62.9 Å². The summed E-state index contributed by atoms with van der Waals surface area (Å²) in [7, 11) is 0. The molecule has 1 aromatic carbocycles. The van der Waals surface area contributed by atoms with Crippen LogP contribution in [0.1, 0.15) is 16.0 Å². The van der Waals surface area contributed by atoms with Crippen molar-refractivity contribution in [1.29, 1.82) is 0 Å². The van der Waals surface area contributed by atoms with E-state index in [0.717, 1.165) is 10.2 Å². The van der Waals surface area contributed by atoms with Gasteiger partial charge in [0.2, 0.25) is 0 Å². The molecule has 1 aromatic heterocycles. The topological polar surface area (TPSA) is 50.4 Å². The fraction of sp³-hybridized carbons (Fsp3) is 0.214. The lowest BCUT2D eigenvalue weighted by Gasteiger charge is -2.07. The molecule has 108 valence electrons. The Morgan fingerprint density at radius 1 is 1.30 bits per heavy atom. The molecule has 1 heterocycles. The highest BCUT2D eigenvalue weighted by atomic mass is 127. The zero-order valence-corrected chi connectivity index (χ0v) is 16.0. The van der Waals surface area contributed by atoms with Gasteiger partial charge in [0.1, 0.15) is 0 Å². The van der Waals surface area contributed by atoms with Gasteiger partial charge in [0.25, 0.3) is 0 Å². The first-order valence-corrected chi connectivity index (χ1v) is 7.59. The first-order chi connectivity index (χ1) is 9.04. The van der Waals surface area contributed by atoms with Gasteiger partial charge in [0, 0.05) is 20.4 Å². The molecule has 3 nitrogen and oxygen atoms in total. The number of anilines is 1. The van der Waals surface area contributed by atoms with Gasteiger partial charge in [-0.05, 0) is 59.1 Å². The third-order valence-electron chi connectivity index (χ3n) is 2.81. The summed E-state index contributed by atoms with van der Waals surface area (Å²) in [6, 6.07) is 8.20. The van der Waals surface area contributed by atoms with Crippen LogP contribution in [0.3, 0.4) is 0 Å². The standard InChI is InChI=1S/C14H16BrN3S.HI/c1-9-3-4-12(5-10(9)2)18-14(16)17-7-13-6-11(15)8-19-13;/h3-6,8H,7H2,1-2H3,(H3,16,17,18);1H. The number of hydrogen-bond acceptors (Lipinski definition) is 2. The summed E-state index contributed by atoms with van der Waals surface area (Å²) < 4.78 is 1.09. The van der Waals surface area contributed by atoms with Crippen LogP contribution >= 0.6 is 51.2 Å². The summed E-state index contributed by atoms with van der Waals surface area (Å²) in [4.78, 5) is 5.51. The lowest BCUT2D eigenvalue weighted by Crippen LogP contribution is -2.22. The van der Waals surface area contributed by atoms with Gasteiger partial charge in [0.05, 0.1) is 6.54 Å². The molecule has 3 N–H and O–H groups in total. The third-order valence-corrected chi connectivity index (χ3v) is 4.49. The number of rotatable bonds is 3. The molecule has 0 saturated heterocycles. The number of nitrogens with one attached hydrogen (secondary N) is 1. The minimum absolute atomic E-state index is 0. The van der Waals surface area contributed by atoms with E-state index in [0.29, 0.717) is 12.5 Å². The fourth-order valence-corrected chi connectivity index (χ4v) is 2.98. The molecular weight excluding hydrogens is 449 g/mol. The van der Waals surface area contributed by atoms with Crippen LogP contribution in [0, 0.1) is 13.8 Å². The third kappa shape index (κ3) is 5.06. The Morgan fingerprint density at radius 2 is 2.05 bits per heavy atom. The van der Waals surface area contributed by atoms with E-state index in [1.807, 2.05) is 11.4 Å². The van der Waals surface area contributed by atoms with Crippen molar-refractivity contribution in [2.75, 3.05) is 5.32 Å². The molecule has 2 aromatic rings. The predicted molar refractivity (Wildman–Crippen MR) is 102 cm³/mol. The number of nitrogens with zero attached hydrogens (tertiary/aromatic N) is 1. The maximum absolute atomic E-state index is 5.88. The molecule has 0 amide bonds. The molecule has 2 rings (SSSR count). The molecule has 20 heavy (non-hydrogen) atoms. The van der Waals surface area contributed by atoms with Crippen LogP contribution in [0.4, 0.5) is 5.69 Å². The SMILES string of the molecule is Cc1ccc(NC(N)=NCc2cc(Br)cs2)cc1C.I. The fourth-order valence-electron chi connectivity index (χ4n) is 1.61. The van der Waals surface area contributed by atoms with Crippen molar-refractivity contribution in [2.24, 2.45) is 10.7 Å². The van der Waals surface area contributed by atoms with Crippen molar-refractivity contribution in [3.63, 3.8) is 0 Å². The van der Waals surface area contributed by atoms with Crippen molar-refractivity contribution in [3.05, 3.63) is 50.1 Å². The van der Waals surface area contributed by atoms with Gasteiger partial charge in [-0.2, -0.15) is 0 Å². The Balaban J connectivity index is 0.00000200. The van der Waals surface area contributed by atoms with E-state index in [1.54, 1.807) is 11.3 Å². The minimum atomic E-state index is 0. The largest absolute Gasteiger partial charge is 0.370 e. The number of aryl methyl sites for hydroxylation is 2. The molecule has 6 heteroatoms. The van der Waals surface area contributed by atoms with Gasteiger partial charge in [-0.1, -0.05) is 6.07 Å². The maximum atomic E-state index is 5.88.